The average Bonchev–Trinajstić information content (AvgIpc) is 2.61. The number of rotatable bonds is 8. The quantitative estimate of drug-likeness (QED) is 0.491. The van der Waals surface area contributed by atoms with Crippen LogP contribution in [0.2, 0.25) is 0 Å². The van der Waals surface area contributed by atoms with Gasteiger partial charge in [0.25, 0.3) is 0 Å². The van der Waals surface area contributed by atoms with Crippen LogP contribution in [0.15, 0.2) is 12.2 Å². The zero-order chi connectivity index (χ0) is 18.3. The smallest absolute Gasteiger partial charge is 0.408 e. The summed E-state index contributed by atoms with van der Waals surface area (Å²) in [5, 5.41) is 10.3. The Kier molecular flexibility index (Phi) is 7.83. The maximum absolute atomic E-state index is 12.5. The summed E-state index contributed by atoms with van der Waals surface area (Å²) in [7, 11) is 0. The van der Waals surface area contributed by atoms with Gasteiger partial charge < -0.3 is 5.11 Å². The van der Waals surface area contributed by atoms with E-state index in [1.54, 1.807) is 0 Å². The Morgan fingerprint density at radius 3 is 2.48 bits per heavy atom. The third-order valence-electron chi connectivity index (χ3n) is 6.70. The van der Waals surface area contributed by atoms with Crippen LogP contribution in [0.5, 0.6) is 0 Å². The van der Waals surface area contributed by atoms with E-state index in [2.05, 4.69) is 20.4 Å². The van der Waals surface area contributed by atoms with Gasteiger partial charge in [0.2, 0.25) is 0 Å². The van der Waals surface area contributed by atoms with Gasteiger partial charge in [-0.05, 0) is 50.9 Å². The minimum Gasteiger partial charge on any atom is -0.465 e. The topological polar surface area (TPSA) is 40.5 Å². The van der Waals surface area contributed by atoms with E-state index in [1.165, 1.54) is 37.7 Å². The Morgan fingerprint density at radius 2 is 1.88 bits per heavy atom. The zero-order valence-electron chi connectivity index (χ0n) is 16.6. The van der Waals surface area contributed by atoms with Crippen LogP contribution in [0.3, 0.4) is 0 Å². The largest absolute Gasteiger partial charge is 0.465 e. The number of allylic oxidation sites excluding steroid dienone is 1. The molecule has 0 heterocycles. The highest BCUT2D eigenvalue weighted by Crippen LogP contribution is 2.48. The predicted molar refractivity (Wildman–Crippen MR) is 105 cm³/mol. The number of hydrogen-bond acceptors (Lipinski definition) is 1. The predicted octanol–water partition coefficient (Wildman–Crippen LogP) is 6.77. The van der Waals surface area contributed by atoms with Gasteiger partial charge in [-0.1, -0.05) is 70.9 Å². The second-order valence-electron chi connectivity index (χ2n) is 8.44. The summed E-state index contributed by atoms with van der Waals surface area (Å²) in [5.74, 6) is 0.457. The highest BCUT2D eigenvalue weighted by molar-refractivity contribution is 5.67. The van der Waals surface area contributed by atoms with E-state index in [-0.39, 0.29) is 11.6 Å². The van der Waals surface area contributed by atoms with Crippen LogP contribution < -0.4 is 0 Å². The lowest BCUT2D eigenvalue weighted by Crippen LogP contribution is -2.61. The highest BCUT2D eigenvalue weighted by Gasteiger charge is 2.49. The minimum atomic E-state index is -0.669. The fourth-order valence-corrected chi connectivity index (χ4v) is 5.36. The van der Waals surface area contributed by atoms with Crippen molar-refractivity contribution in [3.8, 4) is 0 Å². The first-order valence-corrected chi connectivity index (χ1v) is 10.7. The molecular formula is C22H39NO2. The average molecular weight is 350 g/mol. The Hall–Kier alpha value is -0.990. The normalized spacial score (nSPS) is 28.1. The molecule has 2 saturated carbocycles. The van der Waals surface area contributed by atoms with Gasteiger partial charge in [0.1, 0.15) is 0 Å². The number of unbranched alkanes of at least 4 members (excludes halogenated alkanes) is 2. The summed E-state index contributed by atoms with van der Waals surface area (Å²) < 4.78 is 0. The second-order valence-corrected chi connectivity index (χ2v) is 8.44. The van der Waals surface area contributed by atoms with Crippen molar-refractivity contribution in [2.45, 2.75) is 115 Å². The van der Waals surface area contributed by atoms with Crippen LogP contribution in [0.4, 0.5) is 4.79 Å². The first-order valence-electron chi connectivity index (χ1n) is 10.7. The van der Waals surface area contributed by atoms with Crippen molar-refractivity contribution in [3.05, 3.63) is 12.2 Å². The van der Waals surface area contributed by atoms with Crippen molar-refractivity contribution in [3.63, 3.8) is 0 Å². The molecule has 3 nitrogen and oxygen atoms in total. The standard InChI is InChI=1S/C22H39NO2/c1-4-6-11-19-17-18(3)14-16-22(19,15-7-5-2)23(21(24)25)20-12-9-8-10-13-20/h19-20H,3-17H2,1-2H3,(H,24,25). The molecule has 0 spiro atoms. The van der Waals surface area contributed by atoms with Crippen molar-refractivity contribution < 1.29 is 9.90 Å². The third kappa shape index (κ3) is 4.80. The molecule has 2 fully saturated rings. The van der Waals surface area contributed by atoms with E-state index in [0.29, 0.717) is 5.92 Å². The lowest BCUT2D eigenvalue weighted by Gasteiger charge is -2.54. The Bertz CT molecular complexity index is 441. The van der Waals surface area contributed by atoms with E-state index in [9.17, 15) is 9.90 Å². The number of hydrogen-bond donors (Lipinski definition) is 1. The highest BCUT2D eigenvalue weighted by atomic mass is 16.4. The van der Waals surface area contributed by atoms with Crippen LogP contribution in [-0.4, -0.2) is 27.7 Å². The summed E-state index contributed by atoms with van der Waals surface area (Å²) in [6, 6.07) is 0.235. The zero-order valence-corrected chi connectivity index (χ0v) is 16.6. The summed E-state index contributed by atoms with van der Waals surface area (Å²) in [6.07, 6.45) is 14.9. The first-order chi connectivity index (χ1) is 12.0. The molecule has 0 saturated heterocycles. The van der Waals surface area contributed by atoms with Crippen LogP contribution in [0.1, 0.15) is 104 Å². The second kappa shape index (κ2) is 9.64. The molecule has 2 atom stereocenters. The molecule has 25 heavy (non-hydrogen) atoms. The van der Waals surface area contributed by atoms with Crippen molar-refractivity contribution in [1.29, 1.82) is 0 Å². The Balaban J connectivity index is 2.36. The van der Waals surface area contributed by atoms with Crippen molar-refractivity contribution in [1.82, 2.24) is 4.90 Å². The molecule has 2 aliphatic carbocycles. The number of amides is 1. The van der Waals surface area contributed by atoms with Crippen LogP contribution in [0, 0.1) is 5.92 Å². The number of nitrogens with zero attached hydrogens (tertiary/aromatic N) is 1. The molecule has 0 radical (unpaired) electrons. The molecule has 1 amide bonds. The molecule has 2 aliphatic rings. The minimum absolute atomic E-state index is 0.153. The van der Waals surface area contributed by atoms with Crippen LogP contribution >= 0.6 is 0 Å². The molecule has 3 heteroatoms. The number of carboxylic acid groups (broad SMARTS) is 1. The van der Waals surface area contributed by atoms with Crippen LogP contribution in [0.25, 0.3) is 0 Å². The molecule has 0 aliphatic heterocycles. The molecule has 2 unspecified atom stereocenters. The van der Waals surface area contributed by atoms with Crippen LogP contribution in [-0.2, 0) is 0 Å². The monoisotopic (exact) mass is 349 g/mol. The van der Waals surface area contributed by atoms with E-state index in [4.69, 9.17) is 0 Å². The maximum atomic E-state index is 12.5. The molecule has 1 N–H and O–H groups in total. The summed E-state index contributed by atoms with van der Waals surface area (Å²) >= 11 is 0. The first kappa shape index (κ1) is 20.3. The van der Waals surface area contributed by atoms with E-state index in [1.807, 2.05) is 4.90 Å². The molecule has 0 aromatic rings. The molecular weight excluding hydrogens is 310 g/mol. The van der Waals surface area contributed by atoms with Gasteiger partial charge in [0.15, 0.2) is 0 Å². The summed E-state index contributed by atoms with van der Waals surface area (Å²) in [6.45, 7) is 8.73. The summed E-state index contributed by atoms with van der Waals surface area (Å²) in [4.78, 5) is 14.5. The molecule has 0 aromatic carbocycles. The van der Waals surface area contributed by atoms with E-state index >= 15 is 0 Å². The lowest BCUT2D eigenvalue weighted by molar-refractivity contribution is -0.0267. The van der Waals surface area contributed by atoms with Gasteiger partial charge in [0, 0.05) is 11.6 Å². The van der Waals surface area contributed by atoms with Gasteiger partial charge in [-0.15, -0.1) is 0 Å². The Morgan fingerprint density at radius 1 is 1.20 bits per heavy atom. The molecule has 144 valence electrons. The third-order valence-corrected chi connectivity index (χ3v) is 6.70. The van der Waals surface area contributed by atoms with Gasteiger partial charge in [-0.3, -0.25) is 4.90 Å². The van der Waals surface area contributed by atoms with Gasteiger partial charge in [-0.2, -0.15) is 0 Å². The van der Waals surface area contributed by atoms with E-state index in [0.717, 1.165) is 57.8 Å². The maximum Gasteiger partial charge on any atom is 0.408 e. The van der Waals surface area contributed by atoms with Crippen molar-refractivity contribution in [2.75, 3.05) is 0 Å². The molecule has 0 aromatic heterocycles. The SMILES string of the molecule is C=C1CCC(CCCC)(N(C(=O)O)C2CCCCC2)C(CCCC)C1. The fourth-order valence-electron chi connectivity index (χ4n) is 5.36. The fraction of sp³-hybridized carbons (Fsp3) is 0.864. The van der Waals surface area contributed by atoms with Gasteiger partial charge >= 0.3 is 6.09 Å². The molecule has 0 bridgehead atoms. The van der Waals surface area contributed by atoms with Gasteiger partial charge in [-0.25, -0.2) is 4.79 Å². The van der Waals surface area contributed by atoms with E-state index < -0.39 is 6.09 Å². The van der Waals surface area contributed by atoms with Crippen molar-refractivity contribution in [2.24, 2.45) is 5.92 Å². The summed E-state index contributed by atoms with van der Waals surface area (Å²) in [5.41, 5.74) is 1.18. The van der Waals surface area contributed by atoms with Gasteiger partial charge in [0.05, 0.1) is 0 Å². The number of carbonyl (C=O) groups is 1. The van der Waals surface area contributed by atoms with Crippen molar-refractivity contribution >= 4 is 6.09 Å². The lowest BCUT2D eigenvalue weighted by atomic mass is 9.65. The molecule has 2 rings (SSSR count). The Labute approximate surface area is 154 Å².